The van der Waals surface area contributed by atoms with Crippen molar-refractivity contribution in [3.05, 3.63) is 35.4 Å². The first-order valence-electron chi connectivity index (χ1n) is 8.52. The summed E-state index contributed by atoms with van der Waals surface area (Å²) in [5, 5.41) is 11.3. The predicted octanol–water partition coefficient (Wildman–Crippen LogP) is 2.42. The molecule has 1 aliphatic rings. The number of carbonyl (C=O) groups is 3. The fourth-order valence-electron chi connectivity index (χ4n) is 2.94. The highest BCUT2D eigenvalue weighted by molar-refractivity contribution is 5.89. The van der Waals surface area contributed by atoms with E-state index in [0.717, 1.165) is 12.1 Å². The molecule has 9 heteroatoms. The molecular formula is C18H21F3N2O4. The fourth-order valence-corrected chi connectivity index (χ4v) is 2.94. The predicted molar refractivity (Wildman–Crippen MR) is 89.4 cm³/mol. The molecule has 27 heavy (non-hydrogen) atoms. The molecule has 2 rings (SSSR count). The maximum absolute atomic E-state index is 12.8. The summed E-state index contributed by atoms with van der Waals surface area (Å²) in [5.41, 5.74) is -0.442. The average Bonchev–Trinajstić information content (AvgIpc) is 2.93. The molecule has 6 nitrogen and oxygen atoms in total. The van der Waals surface area contributed by atoms with Crippen LogP contribution < -0.4 is 5.32 Å². The lowest BCUT2D eigenvalue weighted by Gasteiger charge is -2.19. The first-order chi connectivity index (χ1) is 12.6. The summed E-state index contributed by atoms with van der Waals surface area (Å²) in [6.07, 6.45) is -4.28. The summed E-state index contributed by atoms with van der Waals surface area (Å²) in [7, 11) is 0. The summed E-state index contributed by atoms with van der Waals surface area (Å²) in [4.78, 5) is 36.3. The van der Waals surface area contributed by atoms with Crippen molar-refractivity contribution >= 4 is 17.8 Å². The molecule has 1 fully saturated rings. The SMILES string of the molecule is CC(CCC(=O)O)NC(=O)C1CC(=O)N(Cc2cccc(C(F)(F)F)c2)C1. The highest BCUT2D eigenvalue weighted by atomic mass is 19.4. The number of carbonyl (C=O) groups excluding carboxylic acids is 2. The summed E-state index contributed by atoms with van der Waals surface area (Å²) in [6.45, 7) is 1.80. The van der Waals surface area contributed by atoms with Gasteiger partial charge in [-0.1, -0.05) is 12.1 Å². The molecule has 1 saturated heterocycles. The molecular weight excluding hydrogens is 365 g/mol. The molecule has 1 heterocycles. The van der Waals surface area contributed by atoms with Gasteiger partial charge >= 0.3 is 12.1 Å². The lowest BCUT2D eigenvalue weighted by atomic mass is 10.1. The Kier molecular flexibility index (Phi) is 6.45. The summed E-state index contributed by atoms with van der Waals surface area (Å²) in [5.74, 6) is -2.21. The molecule has 0 spiro atoms. The third kappa shape index (κ3) is 5.97. The summed E-state index contributed by atoms with van der Waals surface area (Å²) >= 11 is 0. The van der Waals surface area contributed by atoms with Crippen LogP contribution in [0.15, 0.2) is 24.3 Å². The smallest absolute Gasteiger partial charge is 0.416 e. The molecule has 2 unspecified atom stereocenters. The number of alkyl halides is 3. The van der Waals surface area contributed by atoms with Crippen LogP contribution in [0.2, 0.25) is 0 Å². The van der Waals surface area contributed by atoms with Crippen LogP contribution in [0.4, 0.5) is 13.2 Å². The van der Waals surface area contributed by atoms with Crippen molar-refractivity contribution in [1.82, 2.24) is 10.2 Å². The van der Waals surface area contributed by atoms with Gasteiger partial charge in [0.1, 0.15) is 0 Å². The number of hydrogen-bond donors (Lipinski definition) is 2. The zero-order chi connectivity index (χ0) is 20.2. The van der Waals surface area contributed by atoms with Gasteiger partial charge < -0.3 is 15.3 Å². The lowest BCUT2D eigenvalue weighted by Crippen LogP contribution is -2.38. The zero-order valence-corrected chi connectivity index (χ0v) is 14.8. The van der Waals surface area contributed by atoms with E-state index in [0.29, 0.717) is 5.56 Å². The van der Waals surface area contributed by atoms with Gasteiger partial charge in [-0.25, -0.2) is 0 Å². The molecule has 0 aliphatic carbocycles. The molecule has 1 aromatic rings. The Balaban J connectivity index is 1.93. The van der Waals surface area contributed by atoms with Crippen molar-refractivity contribution in [2.75, 3.05) is 6.54 Å². The Morgan fingerprint density at radius 1 is 1.37 bits per heavy atom. The number of halogens is 3. The Labute approximate surface area is 154 Å². The number of nitrogens with zero attached hydrogens (tertiary/aromatic N) is 1. The van der Waals surface area contributed by atoms with Gasteiger partial charge in [0.2, 0.25) is 11.8 Å². The molecule has 1 aromatic carbocycles. The number of carboxylic acid groups (broad SMARTS) is 1. The second-order valence-corrected chi connectivity index (χ2v) is 6.72. The largest absolute Gasteiger partial charge is 0.481 e. The number of amides is 2. The topological polar surface area (TPSA) is 86.7 Å². The van der Waals surface area contributed by atoms with Crippen LogP contribution in [-0.2, 0) is 27.1 Å². The maximum atomic E-state index is 12.8. The van der Waals surface area contributed by atoms with E-state index in [4.69, 9.17) is 5.11 Å². The van der Waals surface area contributed by atoms with Gasteiger partial charge in [0, 0.05) is 32.0 Å². The quantitative estimate of drug-likeness (QED) is 0.754. The number of hydrogen-bond acceptors (Lipinski definition) is 3. The third-order valence-corrected chi connectivity index (χ3v) is 4.39. The Bertz CT molecular complexity index is 721. The Hall–Kier alpha value is -2.58. The standard InChI is InChI=1S/C18H21F3N2O4/c1-11(5-6-16(25)26)22-17(27)13-8-15(24)23(10-13)9-12-3-2-4-14(7-12)18(19,20)21/h2-4,7,11,13H,5-6,8-10H2,1H3,(H,22,27)(H,25,26). The molecule has 2 atom stereocenters. The van der Waals surface area contributed by atoms with Crippen LogP contribution in [0.5, 0.6) is 0 Å². The van der Waals surface area contributed by atoms with Crippen molar-refractivity contribution in [1.29, 1.82) is 0 Å². The van der Waals surface area contributed by atoms with Gasteiger partial charge in [-0.3, -0.25) is 14.4 Å². The van der Waals surface area contributed by atoms with E-state index in [1.807, 2.05) is 0 Å². The van der Waals surface area contributed by atoms with Crippen LogP contribution in [-0.4, -0.2) is 40.4 Å². The first-order valence-corrected chi connectivity index (χ1v) is 8.52. The molecule has 1 aliphatic heterocycles. The maximum Gasteiger partial charge on any atom is 0.416 e. The van der Waals surface area contributed by atoms with E-state index in [9.17, 15) is 27.6 Å². The minimum Gasteiger partial charge on any atom is -0.481 e. The lowest BCUT2D eigenvalue weighted by molar-refractivity contribution is -0.138. The van der Waals surface area contributed by atoms with Crippen LogP contribution in [0.1, 0.15) is 37.3 Å². The second kappa shape index (κ2) is 8.41. The van der Waals surface area contributed by atoms with E-state index in [-0.39, 0.29) is 50.2 Å². The molecule has 0 radical (unpaired) electrons. The Morgan fingerprint density at radius 2 is 2.07 bits per heavy atom. The van der Waals surface area contributed by atoms with Gasteiger partial charge in [0.05, 0.1) is 11.5 Å². The third-order valence-electron chi connectivity index (χ3n) is 4.39. The minimum atomic E-state index is -4.46. The van der Waals surface area contributed by atoms with Crippen LogP contribution in [0.3, 0.4) is 0 Å². The number of carboxylic acids is 1. The summed E-state index contributed by atoms with van der Waals surface area (Å²) in [6, 6.07) is 4.40. The van der Waals surface area contributed by atoms with Gasteiger partial charge in [0.15, 0.2) is 0 Å². The number of likely N-dealkylation sites (tertiary alicyclic amines) is 1. The van der Waals surface area contributed by atoms with Gasteiger partial charge in [0.25, 0.3) is 0 Å². The molecule has 2 amide bonds. The van der Waals surface area contributed by atoms with Crippen LogP contribution >= 0.6 is 0 Å². The van der Waals surface area contributed by atoms with Gasteiger partial charge in [-0.15, -0.1) is 0 Å². The van der Waals surface area contributed by atoms with Crippen LogP contribution in [0, 0.1) is 5.92 Å². The van der Waals surface area contributed by atoms with Crippen molar-refractivity contribution < 1.29 is 32.7 Å². The number of benzene rings is 1. The van der Waals surface area contributed by atoms with Crippen molar-refractivity contribution in [3.63, 3.8) is 0 Å². The van der Waals surface area contributed by atoms with E-state index in [2.05, 4.69) is 5.32 Å². The highest BCUT2D eigenvalue weighted by Gasteiger charge is 2.35. The zero-order valence-electron chi connectivity index (χ0n) is 14.8. The molecule has 2 N–H and O–H groups in total. The summed E-state index contributed by atoms with van der Waals surface area (Å²) < 4.78 is 38.4. The van der Waals surface area contributed by atoms with Crippen molar-refractivity contribution in [2.24, 2.45) is 5.92 Å². The highest BCUT2D eigenvalue weighted by Crippen LogP contribution is 2.30. The van der Waals surface area contributed by atoms with E-state index in [1.165, 1.54) is 17.0 Å². The molecule has 0 bridgehead atoms. The second-order valence-electron chi connectivity index (χ2n) is 6.72. The minimum absolute atomic E-state index is 0.00109. The van der Waals surface area contributed by atoms with Crippen molar-refractivity contribution in [3.8, 4) is 0 Å². The normalized spacial score (nSPS) is 18.4. The molecule has 148 valence electrons. The van der Waals surface area contributed by atoms with Crippen molar-refractivity contribution in [2.45, 2.75) is 44.9 Å². The molecule has 0 saturated carbocycles. The van der Waals surface area contributed by atoms with Crippen LogP contribution in [0.25, 0.3) is 0 Å². The number of nitrogens with one attached hydrogen (secondary N) is 1. The molecule has 0 aromatic heterocycles. The van der Waals surface area contributed by atoms with Gasteiger partial charge in [-0.2, -0.15) is 13.2 Å². The van der Waals surface area contributed by atoms with E-state index >= 15 is 0 Å². The van der Waals surface area contributed by atoms with Gasteiger partial charge in [-0.05, 0) is 31.0 Å². The first kappa shape index (κ1) is 20.7. The van der Waals surface area contributed by atoms with E-state index < -0.39 is 23.6 Å². The number of rotatable bonds is 7. The average molecular weight is 386 g/mol. The Morgan fingerprint density at radius 3 is 2.70 bits per heavy atom. The fraction of sp³-hybridized carbons (Fsp3) is 0.500. The monoisotopic (exact) mass is 386 g/mol. The number of aliphatic carboxylic acids is 1. The van der Waals surface area contributed by atoms with E-state index in [1.54, 1.807) is 6.92 Å².